The van der Waals surface area contributed by atoms with Gasteiger partial charge >= 0.3 is 0 Å². The highest BCUT2D eigenvalue weighted by molar-refractivity contribution is 5.26. The summed E-state index contributed by atoms with van der Waals surface area (Å²) >= 11 is 0. The first-order chi connectivity index (χ1) is 8.15. The van der Waals surface area contributed by atoms with Crippen molar-refractivity contribution < 1.29 is 4.74 Å². The van der Waals surface area contributed by atoms with Gasteiger partial charge in [0.2, 0.25) is 0 Å². The Bertz CT molecular complexity index is 322. The first-order valence-electron chi connectivity index (χ1n) is 6.41. The van der Waals surface area contributed by atoms with Crippen LogP contribution in [0.4, 0.5) is 0 Å². The van der Waals surface area contributed by atoms with Gasteiger partial charge in [0, 0.05) is 20.2 Å². The molecule has 0 spiro atoms. The van der Waals surface area contributed by atoms with Crippen molar-refractivity contribution in [1.82, 2.24) is 5.32 Å². The normalized spacial score (nSPS) is 13.0. The average Bonchev–Trinajstić information content (AvgIpc) is 2.28. The molecule has 1 unspecified atom stereocenters. The Kier molecular flexibility index (Phi) is 6.23. The maximum atomic E-state index is 5.05. The molecule has 0 bridgehead atoms. The minimum atomic E-state index is 0.576. The van der Waals surface area contributed by atoms with E-state index in [0.717, 1.165) is 19.7 Å². The van der Waals surface area contributed by atoms with Crippen LogP contribution < -0.4 is 5.32 Å². The van der Waals surface area contributed by atoms with Crippen molar-refractivity contribution in [2.45, 2.75) is 26.7 Å². The van der Waals surface area contributed by atoms with Crippen LogP contribution in [0.5, 0.6) is 0 Å². The molecule has 0 saturated carbocycles. The second-order valence-corrected chi connectivity index (χ2v) is 4.96. The summed E-state index contributed by atoms with van der Waals surface area (Å²) in [5.74, 6) is 1.22. The number of nitrogens with one attached hydrogen (secondary N) is 1. The van der Waals surface area contributed by atoms with Crippen LogP contribution in [0.1, 0.15) is 30.9 Å². The molecular formula is C15H25NO. The Labute approximate surface area is 105 Å². The summed E-state index contributed by atoms with van der Waals surface area (Å²) in [6.07, 6.45) is 0. The number of hydrogen-bond acceptors (Lipinski definition) is 2. The standard InChI is InChI=1S/C15H25NO/c1-12(2)15(11-16-8-9-17-4)14-7-5-6-13(3)10-14/h5-7,10,12,15-16H,8-9,11H2,1-4H3. The van der Waals surface area contributed by atoms with E-state index in [4.69, 9.17) is 4.74 Å². The predicted molar refractivity (Wildman–Crippen MR) is 73.5 cm³/mol. The quantitative estimate of drug-likeness (QED) is 0.734. The highest BCUT2D eigenvalue weighted by atomic mass is 16.5. The van der Waals surface area contributed by atoms with Gasteiger partial charge in [0.1, 0.15) is 0 Å². The summed E-state index contributed by atoms with van der Waals surface area (Å²) in [6, 6.07) is 8.83. The summed E-state index contributed by atoms with van der Waals surface area (Å²) in [5.41, 5.74) is 2.77. The van der Waals surface area contributed by atoms with Gasteiger partial charge in [-0.2, -0.15) is 0 Å². The fourth-order valence-corrected chi connectivity index (χ4v) is 2.07. The van der Waals surface area contributed by atoms with E-state index in [0.29, 0.717) is 11.8 Å². The molecule has 0 saturated heterocycles. The lowest BCUT2D eigenvalue weighted by Gasteiger charge is -2.22. The van der Waals surface area contributed by atoms with E-state index in [1.54, 1.807) is 7.11 Å². The Hall–Kier alpha value is -0.860. The molecule has 0 amide bonds. The molecule has 0 heterocycles. The second kappa shape index (κ2) is 7.46. The molecule has 1 aromatic rings. The van der Waals surface area contributed by atoms with Crippen molar-refractivity contribution in [2.24, 2.45) is 5.92 Å². The first-order valence-corrected chi connectivity index (χ1v) is 6.41. The van der Waals surface area contributed by atoms with Gasteiger partial charge in [-0.1, -0.05) is 43.7 Å². The van der Waals surface area contributed by atoms with Crippen LogP contribution in [-0.2, 0) is 4.74 Å². The number of aryl methyl sites for hydroxylation is 1. The number of hydrogen-bond donors (Lipinski definition) is 1. The first kappa shape index (κ1) is 14.2. The Balaban J connectivity index is 2.59. The third kappa shape index (κ3) is 4.88. The van der Waals surface area contributed by atoms with E-state index in [-0.39, 0.29) is 0 Å². The Morgan fingerprint density at radius 2 is 2.06 bits per heavy atom. The molecule has 1 aromatic carbocycles. The van der Waals surface area contributed by atoms with E-state index in [2.05, 4.69) is 50.4 Å². The Morgan fingerprint density at radius 3 is 2.65 bits per heavy atom. The minimum Gasteiger partial charge on any atom is -0.383 e. The van der Waals surface area contributed by atoms with Crippen molar-refractivity contribution in [1.29, 1.82) is 0 Å². The molecule has 0 fully saturated rings. The lowest BCUT2D eigenvalue weighted by molar-refractivity contribution is 0.198. The number of ether oxygens (including phenoxy) is 1. The zero-order valence-corrected chi connectivity index (χ0v) is 11.5. The van der Waals surface area contributed by atoms with Gasteiger partial charge in [0.15, 0.2) is 0 Å². The van der Waals surface area contributed by atoms with E-state index >= 15 is 0 Å². The van der Waals surface area contributed by atoms with Crippen LogP contribution in [-0.4, -0.2) is 26.8 Å². The molecule has 1 atom stereocenters. The predicted octanol–water partition coefficient (Wildman–Crippen LogP) is 2.97. The summed E-state index contributed by atoms with van der Waals surface area (Å²) in [7, 11) is 1.74. The third-order valence-electron chi connectivity index (χ3n) is 3.12. The molecular weight excluding hydrogens is 210 g/mol. The molecule has 2 heteroatoms. The lowest BCUT2D eigenvalue weighted by Crippen LogP contribution is -2.27. The molecule has 0 aromatic heterocycles. The smallest absolute Gasteiger partial charge is 0.0587 e. The highest BCUT2D eigenvalue weighted by Gasteiger charge is 2.15. The van der Waals surface area contributed by atoms with Gasteiger partial charge in [-0.05, 0) is 24.3 Å². The molecule has 1 rings (SSSR count). The summed E-state index contributed by atoms with van der Waals surface area (Å²) in [5, 5.41) is 3.46. The maximum Gasteiger partial charge on any atom is 0.0587 e. The number of rotatable bonds is 7. The highest BCUT2D eigenvalue weighted by Crippen LogP contribution is 2.24. The van der Waals surface area contributed by atoms with Gasteiger partial charge < -0.3 is 10.1 Å². The van der Waals surface area contributed by atoms with E-state index in [1.807, 2.05) is 0 Å². The van der Waals surface area contributed by atoms with E-state index < -0.39 is 0 Å². The monoisotopic (exact) mass is 235 g/mol. The maximum absolute atomic E-state index is 5.05. The van der Waals surface area contributed by atoms with E-state index in [9.17, 15) is 0 Å². The van der Waals surface area contributed by atoms with Crippen molar-refractivity contribution in [3.63, 3.8) is 0 Å². The molecule has 96 valence electrons. The fraction of sp³-hybridized carbons (Fsp3) is 0.600. The van der Waals surface area contributed by atoms with Crippen LogP contribution in [0.15, 0.2) is 24.3 Å². The van der Waals surface area contributed by atoms with Crippen molar-refractivity contribution in [2.75, 3.05) is 26.8 Å². The van der Waals surface area contributed by atoms with Gasteiger partial charge in [-0.25, -0.2) is 0 Å². The Morgan fingerprint density at radius 1 is 1.29 bits per heavy atom. The van der Waals surface area contributed by atoms with Gasteiger partial charge in [-0.3, -0.25) is 0 Å². The molecule has 0 aliphatic carbocycles. The van der Waals surface area contributed by atoms with E-state index in [1.165, 1.54) is 11.1 Å². The van der Waals surface area contributed by atoms with Crippen molar-refractivity contribution in [3.05, 3.63) is 35.4 Å². The summed E-state index contributed by atoms with van der Waals surface area (Å²) < 4.78 is 5.05. The second-order valence-electron chi connectivity index (χ2n) is 4.96. The van der Waals surface area contributed by atoms with Crippen LogP contribution in [0.25, 0.3) is 0 Å². The SMILES string of the molecule is COCCNCC(c1cccc(C)c1)C(C)C. The molecule has 17 heavy (non-hydrogen) atoms. The van der Waals surface area contributed by atoms with Crippen LogP contribution >= 0.6 is 0 Å². The number of benzene rings is 1. The largest absolute Gasteiger partial charge is 0.383 e. The average molecular weight is 235 g/mol. The third-order valence-corrected chi connectivity index (χ3v) is 3.12. The zero-order valence-electron chi connectivity index (χ0n) is 11.5. The zero-order chi connectivity index (χ0) is 12.7. The molecule has 2 nitrogen and oxygen atoms in total. The minimum absolute atomic E-state index is 0.576. The lowest BCUT2D eigenvalue weighted by atomic mass is 9.87. The molecule has 1 N–H and O–H groups in total. The van der Waals surface area contributed by atoms with Gasteiger partial charge in [-0.15, -0.1) is 0 Å². The summed E-state index contributed by atoms with van der Waals surface area (Å²) in [4.78, 5) is 0. The molecule has 0 radical (unpaired) electrons. The van der Waals surface area contributed by atoms with Gasteiger partial charge in [0.25, 0.3) is 0 Å². The van der Waals surface area contributed by atoms with Crippen LogP contribution in [0.3, 0.4) is 0 Å². The number of methoxy groups -OCH3 is 1. The fourth-order valence-electron chi connectivity index (χ4n) is 2.07. The topological polar surface area (TPSA) is 21.3 Å². The van der Waals surface area contributed by atoms with Crippen LogP contribution in [0.2, 0.25) is 0 Å². The van der Waals surface area contributed by atoms with Crippen LogP contribution in [0, 0.1) is 12.8 Å². The summed E-state index contributed by atoms with van der Waals surface area (Å²) in [6.45, 7) is 9.43. The van der Waals surface area contributed by atoms with Crippen molar-refractivity contribution >= 4 is 0 Å². The van der Waals surface area contributed by atoms with Gasteiger partial charge in [0.05, 0.1) is 6.61 Å². The molecule has 0 aliphatic rings. The molecule has 0 aliphatic heterocycles. The van der Waals surface area contributed by atoms with Crippen molar-refractivity contribution in [3.8, 4) is 0 Å².